The van der Waals surface area contributed by atoms with Crippen molar-refractivity contribution in [2.45, 2.75) is 38.2 Å². The number of hydrogen-bond acceptors (Lipinski definition) is 4. The molecule has 0 saturated carbocycles. The van der Waals surface area contributed by atoms with Gasteiger partial charge in [-0.15, -0.1) is 22.7 Å². The molecular weight excluding hydrogens is 428 g/mol. The predicted octanol–water partition coefficient (Wildman–Crippen LogP) is 5.41. The van der Waals surface area contributed by atoms with Crippen LogP contribution in [0.5, 0.6) is 0 Å². The SMILES string of the molecule is Cc1sc(CN)cc1C1=C(c2cc(C(=O)O)sc2C)C(F)(F)C(F)(F)C1(F)F. The van der Waals surface area contributed by atoms with Crippen LogP contribution in [0.4, 0.5) is 26.3 Å². The maximum Gasteiger partial charge on any atom is 0.380 e. The zero-order chi connectivity index (χ0) is 21.2. The molecule has 1 aliphatic rings. The molecule has 3 rings (SSSR count). The molecule has 0 saturated heterocycles. The van der Waals surface area contributed by atoms with Gasteiger partial charge in [0.1, 0.15) is 4.88 Å². The van der Waals surface area contributed by atoms with Gasteiger partial charge in [0, 0.05) is 32.3 Å². The van der Waals surface area contributed by atoms with Crippen molar-refractivity contribution in [3.63, 3.8) is 0 Å². The molecule has 2 aromatic rings. The lowest BCUT2D eigenvalue weighted by atomic mass is 9.95. The number of carbonyl (C=O) groups is 1. The van der Waals surface area contributed by atoms with Gasteiger partial charge in [-0.1, -0.05) is 0 Å². The third-order valence-corrected chi connectivity index (χ3v) is 6.62. The fourth-order valence-corrected chi connectivity index (χ4v) is 4.95. The maximum absolute atomic E-state index is 14.7. The molecular formula is C17H13F6NO2S2. The van der Waals surface area contributed by atoms with Crippen molar-refractivity contribution in [2.24, 2.45) is 5.73 Å². The first kappa shape index (κ1) is 20.9. The Bertz CT molecular complexity index is 1010. The largest absolute Gasteiger partial charge is 0.477 e. The summed E-state index contributed by atoms with van der Waals surface area (Å²) in [4.78, 5) is 11.1. The van der Waals surface area contributed by atoms with E-state index in [9.17, 15) is 31.1 Å². The minimum Gasteiger partial charge on any atom is -0.477 e. The van der Waals surface area contributed by atoms with Crippen LogP contribution < -0.4 is 5.73 Å². The normalized spacial score (nSPS) is 20.0. The Morgan fingerprint density at radius 3 is 1.82 bits per heavy atom. The van der Waals surface area contributed by atoms with Crippen LogP contribution in [-0.2, 0) is 6.54 Å². The molecule has 0 unspecified atom stereocenters. The van der Waals surface area contributed by atoms with E-state index >= 15 is 0 Å². The second kappa shape index (κ2) is 6.33. The number of alkyl halides is 6. The monoisotopic (exact) mass is 441 g/mol. The van der Waals surface area contributed by atoms with Crippen LogP contribution in [0, 0.1) is 13.8 Å². The molecule has 1 aliphatic carbocycles. The summed E-state index contributed by atoms with van der Waals surface area (Å²) in [6, 6.07) is 1.83. The van der Waals surface area contributed by atoms with Crippen molar-refractivity contribution in [2.75, 3.05) is 0 Å². The van der Waals surface area contributed by atoms with E-state index < -0.39 is 50.9 Å². The maximum atomic E-state index is 14.7. The van der Waals surface area contributed by atoms with E-state index in [4.69, 9.17) is 10.8 Å². The highest BCUT2D eigenvalue weighted by Gasteiger charge is 2.80. The van der Waals surface area contributed by atoms with Gasteiger partial charge in [0.2, 0.25) is 0 Å². The van der Waals surface area contributed by atoms with Crippen molar-refractivity contribution in [3.05, 3.63) is 42.8 Å². The van der Waals surface area contributed by atoms with Crippen molar-refractivity contribution in [1.82, 2.24) is 0 Å². The number of carboxylic acid groups (broad SMARTS) is 1. The Kier molecular flexibility index (Phi) is 4.72. The molecule has 3 nitrogen and oxygen atoms in total. The molecule has 3 N–H and O–H groups in total. The van der Waals surface area contributed by atoms with Gasteiger partial charge in [-0.2, -0.15) is 26.3 Å². The summed E-state index contributed by atoms with van der Waals surface area (Å²) in [6.45, 7) is 2.48. The summed E-state index contributed by atoms with van der Waals surface area (Å²) in [7, 11) is 0. The highest BCUT2D eigenvalue weighted by molar-refractivity contribution is 7.14. The fraction of sp³-hybridized carbons (Fsp3) is 0.353. The van der Waals surface area contributed by atoms with Crippen LogP contribution in [0.15, 0.2) is 12.1 Å². The Hall–Kier alpha value is -1.85. The number of aryl methyl sites for hydroxylation is 2. The molecule has 152 valence electrons. The molecule has 28 heavy (non-hydrogen) atoms. The molecule has 2 heterocycles. The standard InChI is InChI=1S/C17H13F6NO2S2/c1-6-9(3-8(5-24)27-6)12-13(10-4-11(14(25)26)28-7(10)2)16(20,21)17(22,23)15(12,18)19/h3-4H,5,24H2,1-2H3,(H,25,26). The Balaban J connectivity index is 2.43. The van der Waals surface area contributed by atoms with Crippen LogP contribution in [0.3, 0.4) is 0 Å². The van der Waals surface area contributed by atoms with E-state index in [1.807, 2.05) is 0 Å². The smallest absolute Gasteiger partial charge is 0.380 e. The van der Waals surface area contributed by atoms with Crippen LogP contribution in [-0.4, -0.2) is 28.8 Å². The van der Waals surface area contributed by atoms with E-state index in [0.717, 1.165) is 23.5 Å². The van der Waals surface area contributed by atoms with Gasteiger partial charge in [-0.3, -0.25) is 0 Å². The first-order valence-electron chi connectivity index (χ1n) is 7.79. The lowest BCUT2D eigenvalue weighted by molar-refractivity contribution is -0.254. The first-order valence-corrected chi connectivity index (χ1v) is 9.43. The minimum atomic E-state index is -5.68. The highest BCUT2D eigenvalue weighted by atomic mass is 32.1. The van der Waals surface area contributed by atoms with Gasteiger partial charge in [0.25, 0.3) is 0 Å². The van der Waals surface area contributed by atoms with Crippen molar-refractivity contribution in [3.8, 4) is 0 Å². The molecule has 0 bridgehead atoms. The third-order valence-electron chi connectivity index (χ3n) is 4.50. The first-order chi connectivity index (χ1) is 12.8. The fourth-order valence-electron chi connectivity index (χ4n) is 3.16. The third kappa shape index (κ3) is 2.63. The number of thiophene rings is 2. The van der Waals surface area contributed by atoms with E-state index in [0.29, 0.717) is 16.2 Å². The Morgan fingerprint density at radius 2 is 1.43 bits per heavy atom. The zero-order valence-electron chi connectivity index (χ0n) is 14.4. The number of halogens is 6. The van der Waals surface area contributed by atoms with E-state index in [1.54, 1.807) is 0 Å². The number of nitrogens with two attached hydrogens (primary N) is 1. The summed E-state index contributed by atoms with van der Waals surface area (Å²) in [5.74, 6) is -17.5. The quantitative estimate of drug-likeness (QED) is 0.624. The molecule has 0 fully saturated rings. The predicted molar refractivity (Wildman–Crippen MR) is 94.6 cm³/mol. The van der Waals surface area contributed by atoms with Crippen LogP contribution >= 0.6 is 22.7 Å². The molecule has 0 radical (unpaired) electrons. The van der Waals surface area contributed by atoms with E-state index in [-0.39, 0.29) is 16.3 Å². The summed E-state index contributed by atoms with van der Waals surface area (Å²) >= 11 is 1.49. The summed E-state index contributed by atoms with van der Waals surface area (Å²) < 4.78 is 87.1. The van der Waals surface area contributed by atoms with E-state index in [2.05, 4.69) is 0 Å². The Labute approximate surface area is 163 Å². The van der Waals surface area contributed by atoms with Crippen molar-refractivity contribution < 1.29 is 36.2 Å². The second-order valence-electron chi connectivity index (χ2n) is 6.25. The average molecular weight is 441 g/mol. The van der Waals surface area contributed by atoms with Crippen LogP contribution in [0.2, 0.25) is 0 Å². The van der Waals surface area contributed by atoms with E-state index in [1.165, 1.54) is 13.8 Å². The number of rotatable bonds is 4. The summed E-state index contributed by atoms with van der Waals surface area (Å²) in [5.41, 5.74) is 1.35. The second-order valence-corrected chi connectivity index (χ2v) is 8.84. The van der Waals surface area contributed by atoms with Gasteiger partial charge < -0.3 is 10.8 Å². The Morgan fingerprint density at radius 1 is 0.964 bits per heavy atom. The summed E-state index contributed by atoms with van der Waals surface area (Å²) in [6.07, 6.45) is 0. The topological polar surface area (TPSA) is 63.3 Å². The van der Waals surface area contributed by atoms with Crippen molar-refractivity contribution >= 4 is 39.8 Å². The molecule has 0 atom stereocenters. The molecule has 0 aliphatic heterocycles. The van der Waals surface area contributed by atoms with Gasteiger partial charge in [0.05, 0.1) is 0 Å². The minimum absolute atomic E-state index is 0.0763. The zero-order valence-corrected chi connectivity index (χ0v) is 16.0. The van der Waals surface area contributed by atoms with Crippen LogP contribution in [0.1, 0.15) is 35.4 Å². The van der Waals surface area contributed by atoms with Crippen molar-refractivity contribution in [1.29, 1.82) is 0 Å². The number of allylic oxidation sites excluding steroid dienone is 2. The van der Waals surface area contributed by atoms with Crippen LogP contribution in [0.25, 0.3) is 11.1 Å². The molecule has 0 amide bonds. The average Bonchev–Trinajstić information content (AvgIpc) is 3.16. The molecule has 2 aromatic heterocycles. The number of hydrogen-bond donors (Lipinski definition) is 2. The molecule has 0 aromatic carbocycles. The van der Waals surface area contributed by atoms with Gasteiger partial charge in [-0.05, 0) is 37.1 Å². The highest BCUT2D eigenvalue weighted by Crippen LogP contribution is 2.65. The lowest BCUT2D eigenvalue weighted by Gasteiger charge is -2.25. The van der Waals surface area contributed by atoms with Gasteiger partial charge >= 0.3 is 23.7 Å². The van der Waals surface area contributed by atoms with Gasteiger partial charge in [-0.25, -0.2) is 4.79 Å². The summed E-state index contributed by atoms with van der Waals surface area (Å²) in [5, 5.41) is 9.06. The molecule has 11 heteroatoms. The number of aromatic carboxylic acids is 1. The number of carboxylic acids is 1. The lowest BCUT2D eigenvalue weighted by Crippen LogP contribution is -2.48. The molecule has 0 spiro atoms. The van der Waals surface area contributed by atoms with Gasteiger partial charge in [0.15, 0.2) is 0 Å².